The van der Waals surface area contributed by atoms with Crippen LogP contribution in [0.3, 0.4) is 0 Å². The molecule has 6 heteroatoms. The highest BCUT2D eigenvalue weighted by atomic mass is 19.1. The van der Waals surface area contributed by atoms with Crippen LogP contribution in [0.5, 0.6) is 0 Å². The molecule has 1 heterocycles. The zero-order valence-corrected chi connectivity index (χ0v) is 11.8. The van der Waals surface area contributed by atoms with E-state index in [4.69, 9.17) is 0 Å². The highest BCUT2D eigenvalue weighted by Crippen LogP contribution is 2.09. The zero-order valence-electron chi connectivity index (χ0n) is 11.8. The second-order valence-corrected chi connectivity index (χ2v) is 4.92. The lowest BCUT2D eigenvalue weighted by Crippen LogP contribution is -2.55. The lowest BCUT2D eigenvalue weighted by Gasteiger charge is -2.32. The Morgan fingerprint density at radius 1 is 1.14 bits per heavy atom. The molecule has 0 aromatic heterocycles. The van der Waals surface area contributed by atoms with Crippen molar-refractivity contribution in [2.24, 2.45) is 0 Å². The molecule has 1 aliphatic heterocycles. The van der Waals surface area contributed by atoms with Gasteiger partial charge in [-0.1, -0.05) is 18.2 Å². The van der Waals surface area contributed by atoms with E-state index in [1.165, 1.54) is 21.9 Å². The van der Waals surface area contributed by atoms with Crippen LogP contribution in [0.4, 0.5) is 4.39 Å². The minimum atomic E-state index is -0.662. The number of halogens is 1. The van der Waals surface area contributed by atoms with Gasteiger partial charge in [0.15, 0.2) is 5.78 Å². The number of ketones is 1. The Balaban J connectivity index is 1.96. The number of rotatable bonds is 5. The molecule has 0 N–H and O–H groups in total. The van der Waals surface area contributed by atoms with Gasteiger partial charge >= 0.3 is 11.8 Å². The maximum absolute atomic E-state index is 13.5. The molecule has 0 aliphatic carbocycles. The molecule has 21 heavy (non-hydrogen) atoms. The van der Waals surface area contributed by atoms with Gasteiger partial charge < -0.3 is 9.80 Å². The fourth-order valence-electron chi connectivity index (χ4n) is 2.29. The summed E-state index contributed by atoms with van der Waals surface area (Å²) in [5, 5.41) is 0. The standard InChI is InChI=1S/C15H17FN2O3/c1-2-17-7-8-18(15(21)14(17)20)10-12(19)9-11-5-3-4-6-13(11)16/h3-6H,2,7-10H2,1H3. The quantitative estimate of drug-likeness (QED) is 0.748. The van der Waals surface area contributed by atoms with Gasteiger partial charge in [0.05, 0.1) is 6.54 Å². The molecule has 1 aromatic carbocycles. The average Bonchev–Trinajstić information content (AvgIpc) is 2.47. The summed E-state index contributed by atoms with van der Waals surface area (Å²) in [7, 11) is 0. The van der Waals surface area contributed by atoms with Crippen LogP contribution >= 0.6 is 0 Å². The van der Waals surface area contributed by atoms with Gasteiger partial charge in [0.1, 0.15) is 5.82 Å². The predicted octanol–water partition coefficient (Wildman–Crippen LogP) is 0.628. The molecule has 112 valence electrons. The Labute approximate surface area is 122 Å². The van der Waals surface area contributed by atoms with E-state index in [9.17, 15) is 18.8 Å². The summed E-state index contributed by atoms with van der Waals surface area (Å²) in [6, 6.07) is 6.03. The highest BCUT2D eigenvalue weighted by molar-refractivity contribution is 6.35. The molecule has 1 aromatic rings. The fraction of sp³-hybridized carbons (Fsp3) is 0.400. The summed E-state index contributed by atoms with van der Waals surface area (Å²) in [4.78, 5) is 38.2. The topological polar surface area (TPSA) is 57.7 Å². The summed E-state index contributed by atoms with van der Waals surface area (Å²) in [6.07, 6.45) is -0.0812. The van der Waals surface area contributed by atoms with Gasteiger partial charge in [-0.05, 0) is 18.6 Å². The van der Waals surface area contributed by atoms with Crippen molar-refractivity contribution in [3.05, 3.63) is 35.6 Å². The number of hydrogen-bond donors (Lipinski definition) is 0. The number of carbonyl (C=O) groups is 3. The van der Waals surface area contributed by atoms with Crippen molar-refractivity contribution in [3.8, 4) is 0 Å². The van der Waals surface area contributed by atoms with Crippen LogP contribution in [0.15, 0.2) is 24.3 Å². The molecular weight excluding hydrogens is 275 g/mol. The molecule has 2 rings (SSSR count). The normalized spacial score (nSPS) is 15.5. The van der Waals surface area contributed by atoms with Gasteiger partial charge in [-0.15, -0.1) is 0 Å². The Hall–Kier alpha value is -2.24. The molecule has 2 amide bonds. The van der Waals surface area contributed by atoms with Crippen molar-refractivity contribution in [3.63, 3.8) is 0 Å². The van der Waals surface area contributed by atoms with E-state index in [-0.39, 0.29) is 18.7 Å². The summed E-state index contributed by atoms with van der Waals surface area (Å²) >= 11 is 0. The first-order valence-electron chi connectivity index (χ1n) is 6.86. The smallest absolute Gasteiger partial charge is 0.312 e. The van der Waals surface area contributed by atoms with Gasteiger partial charge in [-0.25, -0.2) is 4.39 Å². The number of amides is 2. The molecule has 0 atom stereocenters. The van der Waals surface area contributed by atoms with E-state index in [2.05, 4.69) is 0 Å². The van der Waals surface area contributed by atoms with Crippen molar-refractivity contribution >= 4 is 17.6 Å². The van der Waals surface area contributed by atoms with E-state index in [1.54, 1.807) is 19.1 Å². The van der Waals surface area contributed by atoms with Crippen LogP contribution in [-0.4, -0.2) is 53.6 Å². The van der Waals surface area contributed by atoms with Gasteiger partial charge in [-0.3, -0.25) is 14.4 Å². The lowest BCUT2D eigenvalue weighted by atomic mass is 10.1. The third kappa shape index (κ3) is 3.45. The molecule has 1 aliphatic rings. The van der Waals surface area contributed by atoms with Crippen LogP contribution in [0.1, 0.15) is 12.5 Å². The first-order chi connectivity index (χ1) is 10.0. The molecule has 5 nitrogen and oxygen atoms in total. The number of likely N-dealkylation sites (N-methyl/N-ethyl adjacent to an activating group) is 1. The van der Waals surface area contributed by atoms with Crippen LogP contribution in [0.2, 0.25) is 0 Å². The number of benzene rings is 1. The largest absolute Gasteiger partial charge is 0.333 e. The minimum Gasteiger partial charge on any atom is -0.333 e. The highest BCUT2D eigenvalue weighted by Gasteiger charge is 2.32. The second-order valence-electron chi connectivity index (χ2n) is 4.92. The summed E-state index contributed by atoms with van der Waals surface area (Å²) < 4.78 is 13.5. The van der Waals surface area contributed by atoms with Crippen LogP contribution in [0.25, 0.3) is 0 Å². The predicted molar refractivity (Wildman–Crippen MR) is 73.9 cm³/mol. The Morgan fingerprint density at radius 3 is 2.43 bits per heavy atom. The van der Waals surface area contributed by atoms with Crippen LogP contribution in [0, 0.1) is 5.82 Å². The molecule has 0 spiro atoms. The van der Waals surface area contributed by atoms with Crippen LogP contribution in [-0.2, 0) is 20.8 Å². The maximum Gasteiger partial charge on any atom is 0.312 e. The van der Waals surface area contributed by atoms with E-state index in [0.29, 0.717) is 25.2 Å². The van der Waals surface area contributed by atoms with Gasteiger partial charge in [-0.2, -0.15) is 0 Å². The summed E-state index contributed by atoms with van der Waals surface area (Å²) in [5.41, 5.74) is 0.300. The Bertz CT molecular complexity index is 574. The third-order valence-electron chi connectivity index (χ3n) is 3.49. The SMILES string of the molecule is CCN1CCN(CC(=O)Cc2ccccc2F)C(=O)C1=O. The number of hydrogen-bond acceptors (Lipinski definition) is 3. The van der Waals surface area contributed by atoms with Crippen molar-refractivity contribution in [1.29, 1.82) is 0 Å². The van der Waals surface area contributed by atoms with E-state index in [1.807, 2.05) is 0 Å². The third-order valence-corrected chi connectivity index (χ3v) is 3.49. The molecule has 0 saturated carbocycles. The molecular formula is C15H17FN2O3. The first kappa shape index (κ1) is 15.2. The van der Waals surface area contributed by atoms with E-state index < -0.39 is 17.6 Å². The molecule has 1 fully saturated rings. The zero-order chi connectivity index (χ0) is 15.4. The molecule has 1 saturated heterocycles. The van der Waals surface area contributed by atoms with E-state index >= 15 is 0 Å². The fourth-order valence-corrected chi connectivity index (χ4v) is 2.29. The maximum atomic E-state index is 13.5. The Kier molecular flexibility index (Phi) is 4.67. The first-order valence-corrected chi connectivity index (χ1v) is 6.86. The monoisotopic (exact) mass is 292 g/mol. The number of piperazine rings is 1. The van der Waals surface area contributed by atoms with Gasteiger partial charge in [0.2, 0.25) is 0 Å². The molecule has 0 radical (unpaired) electrons. The van der Waals surface area contributed by atoms with Crippen molar-refractivity contribution in [2.45, 2.75) is 13.3 Å². The average molecular weight is 292 g/mol. The van der Waals surface area contributed by atoms with Crippen molar-refractivity contribution in [2.75, 3.05) is 26.2 Å². The van der Waals surface area contributed by atoms with E-state index in [0.717, 1.165) is 0 Å². The lowest BCUT2D eigenvalue weighted by molar-refractivity contribution is -0.156. The van der Waals surface area contributed by atoms with Gasteiger partial charge in [0.25, 0.3) is 0 Å². The molecule has 0 unspecified atom stereocenters. The minimum absolute atomic E-state index is 0.0812. The Morgan fingerprint density at radius 2 is 1.76 bits per heavy atom. The van der Waals surface area contributed by atoms with Gasteiger partial charge in [0, 0.05) is 26.1 Å². The number of nitrogens with zero attached hydrogens (tertiary/aromatic N) is 2. The summed E-state index contributed by atoms with van der Waals surface area (Å²) in [6.45, 7) is 2.87. The molecule has 0 bridgehead atoms. The second kappa shape index (κ2) is 6.47. The van der Waals surface area contributed by atoms with Crippen molar-refractivity contribution < 1.29 is 18.8 Å². The summed E-state index contributed by atoms with van der Waals surface area (Å²) in [5.74, 6) is -1.97. The number of carbonyl (C=O) groups excluding carboxylic acids is 3. The van der Waals surface area contributed by atoms with Crippen molar-refractivity contribution in [1.82, 2.24) is 9.80 Å². The number of Topliss-reactive ketones (excluding diaryl/α,β-unsaturated/α-hetero) is 1. The van der Waals surface area contributed by atoms with Crippen LogP contribution < -0.4 is 0 Å².